The molecule has 0 heterocycles. The molecule has 0 bridgehead atoms. The molecule has 0 aliphatic heterocycles. The third-order valence-electron chi connectivity index (χ3n) is 4.71. The maximum atomic E-state index is 12.3. The van der Waals surface area contributed by atoms with Crippen LogP contribution in [-0.4, -0.2) is 30.2 Å². The number of amides is 3. The van der Waals surface area contributed by atoms with Crippen LogP contribution in [-0.2, 0) is 14.3 Å². The number of ether oxygens (including phenoxy) is 1. The number of nitrogens with two attached hydrogens (primary N) is 1. The number of benzene rings is 3. The SMILES string of the molecule is NC(=O)NC(CC(=O)OCC(=O)NN=C(c1ccccc1)c1ccccc1)c1ccc(Cl)cc1. The molecular weight excluding hydrogens is 456 g/mol. The number of hydrazone groups is 1. The molecule has 0 aliphatic carbocycles. The first-order valence-electron chi connectivity index (χ1n) is 10.4. The van der Waals surface area contributed by atoms with E-state index in [0.29, 0.717) is 16.3 Å². The first-order chi connectivity index (χ1) is 16.4. The fourth-order valence-corrected chi connectivity index (χ4v) is 3.25. The molecule has 174 valence electrons. The average Bonchev–Trinajstić information content (AvgIpc) is 2.84. The molecule has 34 heavy (non-hydrogen) atoms. The number of halogens is 1. The Morgan fingerprint density at radius 1 is 0.882 bits per heavy atom. The van der Waals surface area contributed by atoms with Gasteiger partial charge in [0.15, 0.2) is 6.61 Å². The Bertz CT molecular complexity index is 1110. The summed E-state index contributed by atoms with van der Waals surface area (Å²) in [4.78, 5) is 35.9. The number of carbonyl (C=O) groups is 3. The lowest BCUT2D eigenvalue weighted by molar-refractivity contribution is -0.149. The van der Waals surface area contributed by atoms with Gasteiger partial charge in [0, 0.05) is 16.1 Å². The molecule has 0 saturated carbocycles. The van der Waals surface area contributed by atoms with Crippen molar-refractivity contribution in [2.24, 2.45) is 10.8 Å². The van der Waals surface area contributed by atoms with Gasteiger partial charge < -0.3 is 15.8 Å². The molecule has 4 N–H and O–H groups in total. The number of hydrogen-bond donors (Lipinski definition) is 3. The minimum absolute atomic E-state index is 0.222. The minimum Gasteiger partial charge on any atom is -0.455 e. The van der Waals surface area contributed by atoms with Crippen LogP contribution < -0.4 is 16.5 Å². The summed E-state index contributed by atoms with van der Waals surface area (Å²) in [6.07, 6.45) is -0.222. The van der Waals surface area contributed by atoms with Gasteiger partial charge in [0.05, 0.1) is 18.2 Å². The highest BCUT2D eigenvalue weighted by Crippen LogP contribution is 2.20. The molecule has 3 aromatic rings. The standard InChI is InChI=1S/C25H23ClN4O4/c26-20-13-11-17(12-14-20)21(28-25(27)33)15-23(32)34-16-22(31)29-30-24(18-7-3-1-4-8-18)19-9-5-2-6-10-19/h1-14,21H,15-16H2,(H,29,31)(H3,27,28,33). The second-order valence-electron chi connectivity index (χ2n) is 7.20. The molecule has 0 aromatic heterocycles. The quantitative estimate of drug-likeness (QED) is 0.247. The second-order valence-corrected chi connectivity index (χ2v) is 7.64. The van der Waals surface area contributed by atoms with E-state index in [9.17, 15) is 14.4 Å². The van der Waals surface area contributed by atoms with E-state index in [1.54, 1.807) is 24.3 Å². The molecule has 1 atom stereocenters. The number of nitrogens with zero attached hydrogens (tertiary/aromatic N) is 1. The van der Waals surface area contributed by atoms with Crippen LogP contribution in [0.3, 0.4) is 0 Å². The van der Waals surface area contributed by atoms with Gasteiger partial charge in [-0.15, -0.1) is 0 Å². The second kappa shape index (κ2) is 12.2. The Hall–Kier alpha value is -4.17. The lowest BCUT2D eigenvalue weighted by atomic mass is 10.0. The van der Waals surface area contributed by atoms with Crippen molar-refractivity contribution in [2.75, 3.05) is 6.61 Å². The maximum Gasteiger partial charge on any atom is 0.312 e. The number of carbonyl (C=O) groups excluding carboxylic acids is 3. The van der Waals surface area contributed by atoms with E-state index in [2.05, 4.69) is 15.8 Å². The van der Waals surface area contributed by atoms with Crippen LogP contribution in [0.4, 0.5) is 4.79 Å². The van der Waals surface area contributed by atoms with Crippen LogP contribution in [0.15, 0.2) is 90.0 Å². The van der Waals surface area contributed by atoms with Gasteiger partial charge in [0.1, 0.15) is 0 Å². The number of esters is 1. The molecular formula is C25H23ClN4O4. The number of rotatable bonds is 9. The summed E-state index contributed by atoms with van der Waals surface area (Å²) in [5.41, 5.74) is 10.4. The Balaban J connectivity index is 1.61. The molecule has 1 unspecified atom stereocenters. The topological polar surface area (TPSA) is 123 Å². The van der Waals surface area contributed by atoms with Crippen molar-refractivity contribution in [2.45, 2.75) is 12.5 Å². The van der Waals surface area contributed by atoms with Gasteiger partial charge in [0.2, 0.25) is 0 Å². The normalized spacial score (nSPS) is 11.1. The van der Waals surface area contributed by atoms with Crippen molar-refractivity contribution in [1.82, 2.24) is 10.7 Å². The lowest BCUT2D eigenvalue weighted by Crippen LogP contribution is -2.35. The Morgan fingerprint density at radius 3 is 1.97 bits per heavy atom. The number of nitrogens with one attached hydrogen (secondary N) is 2. The fraction of sp³-hybridized carbons (Fsp3) is 0.120. The molecule has 9 heteroatoms. The molecule has 3 aromatic carbocycles. The summed E-state index contributed by atoms with van der Waals surface area (Å²) in [6.45, 7) is -0.539. The average molecular weight is 479 g/mol. The largest absolute Gasteiger partial charge is 0.455 e. The highest BCUT2D eigenvalue weighted by Gasteiger charge is 2.19. The molecule has 0 aliphatic rings. The lowest BCUT2D eigenvalue weighted by Gasteiger charge is -2.17. The number of primary amides is 1. The first-order valence-corrected chi connectivity index (χ1v) is 10.7. The van der Waals surface area contributed by atoms with Crippen molar-refractivity contribution in [1.29, 1.82) is 0 Å². The van der Waals surface area contributed by atoms with Gasteiger partial charge in [-0.2, -0.15) is 5.10 Å². The van der Waals surface area contributed by atoms with Crippen LogP contribution in [0.1, 0.15) is 29.2 Å². The Morgan fingerprint density at radius 2 is 1.44 bits per heavy atom. The summed E-state index contributed by atoms with van der Waals surface area (Å²) in [5.74, 6) is -1.30. The van der Waals surface area contributed by atoms with Gasteiger partial charge in [-0.3, -0.25) is 9.59 Å². The molecule has 0 spiro atoms. The van der Waals surface area contributed by atoms with Crippen molar-refractivity contribution >= 4 is 35.2 Å². The van der Waals surface area contributed by atoms with Crippen LogP contribution in [0.5, 0.6) is 0 Å². The predicted molar refractivity (Wildman–Crippen MR) is 129 cm³/mol. The van der Waals surface area contributed by atoms with E-state index in [4.69, 9.17) is 22.1 Å². The zero-order valence-corrected chi connectivity index (χ0v) is 18.9. The van der Waals surface area contributed by atoms with Crippen LogP contribution >= 0.6 is 11.6 Å². The van der Waals surface area contributed by atoms with Crippen molar-refractivity contribution in [3.8, 4) is 0 Å². The van der Waals surface area contributed by atoms with Crippen LogP contribution in [0.25, 0.3) is 0 Å². The van der Waals surface area contributed by atoms with Crippen molar-refractivity contribution in [3.05, 3.63) is 107 Å². The van der Waals surface area contributed by atoms with Gasteiger partial charge in [-0.1, -0.05) is 84.4 Å². The molecule has 0 fully saturated rings. The summed E-state index contributed by atoms with van der Waals surface area (Å²) in [7, 11) is 0. The summed E-state index contributed by atoms with van der Waals surface area (Å²) in [6, 6.07) is 23.8. The molecule has 8 nitrogen and oxygen atoms in total. The molecule has 3 amide bonds. The monoisotopic (exact) mass is 478 g/mol. The maximum absolute atomic E-state index is 12.3. The van der Waals surface area contributed by atoms with E-state index in [-0.39, 0.29) is 6.42 Å². The first kappa shape index (κ1) is 24.5. The Kier molecular flexibility index (Phi) is 8.76. The predicted octanol–water partition coefficient (Wildman–Crippen LogP) is 3.55. The van der Waals surface area contributed by atoms with E-state index in [0.717, 1.165) is 11.1 Å². The summed E-state index contributed by atoms with van der Waals surface area (Å²) < 4.78 is 5.07. The third kappa shape index (κ3) is 7.46. The Labute approximate surface area is 201 Å². The molecule has 3 rings (SSSR count). The zero-order valence-electron chi connectivity index (χ0n) is 18.1. The number of hydrogen-bond acceptors (Lipinski definition) is 5. The van der Waals surface area contributed by atoms with Gasteiger partial charge in [-0.25, -0.2) is 10.2 Å². The minimum atomic E-state index is -0.797. The highest BCUT2D eigenvalue weighted by atomic mass is 35.5. The van der Waals surface area contributed by atoms with Gasteiger partial charge in [-0.05, 0) is 17.7 Å². The van der Waals surface area contributed by atoms with E-state index < -0.39 is 30.6 Å². The van der Waals surface area contributed by atoms with E-state index in [1.807, 2.05) is 60.7 Å². The fourth-order valence-electron chi connectivity index (χ4n) is 3.13. The zero-order chi connectivity index (χ0) is 24.3. The molecule has 0 radical (unpaired) electrons. The summed E-state index contributed by atoms with van der Waals surface area (Å²) >= 11 is 5.88. The van der Waals surface area contributed by atoms with Gasteiger partial charge in [0.25, 0.3) is 5.91 Å². The third-order valence-corrected chi connectivity index (χ3v) is 4.96. The van der Waals surface area contributed by atoms with Crippen molar-refractivity contribution < 1.29 is 19.1 Å². The van der Waals surface area contributed by atoms with Crippen molar-refractivity contribution in [3.63, 3.8) is 0 Å². The smallest absolute Gasteiger partial charge is 0.312 e. The number of urea groups is 1. The highest BCUT2D eigenvalue weighted by molar-refractivity contribution is 6.30. The van der Waals surface area contributed by atoms with Gasteiger partial charge >= 0.3 is 12.0 Å². The molecule has 0 saturated heterocycles. The van der Waals surface area contributed by atoms with E-state index in [1.165, 1.54) is 0 Å². The summed E-state index contributed by atoms with van der Waals surface area (Å²) in [5, 5.41) is 7.23. The van der Waals surface area contributed by atoms with E-state index >= 15 is 0 Å². The van der Waals surface area contributed by atoms with Crippen LogP contribution in [0, 0.1) is 0 Å². The van der Waals surface area contributed by atoms with Crippen LogP contribution in [0.2, 0.25) is 5.02 Å².